The average molecular weight is 492 g/mol. The van der Waals surface area contributed by atoms with E-state index in [0.29, 0.717) is 0 Å². The summed E-state index contributed by atoms with van der Waals surface area (Å²) in [6.07, 6.45) is -7.00. The maximum absolute atomic E-state index is 13.4. The lowest BCUT2D eigenvalue weighted by Crippen LogP contribution is -2.46. The number of hydrogen-bond donors (Lipinski definition) is 3. The number of fused-ring (bicyclic) bond motifs is 3. The minimum atomic E-state index is -4.77. The van der Waals surface area contributed by atoms with E-state index in [1.807, 2.05) is 53.8 Å². The smallest absolute Gasteiger partial charge is 0.408 e. The number of alkyl halides is 3. The van der Waals surface area contributed by atoms with Gasteiger partial charge in [0.15, 0.2) is 0 Å². The second kappa shape index (κ2) is 11.2. The van der Waals surface area contributed by atoms with Crippen molar-refractivity contribution in [1.29, 1.82) is 0 Å². The van der Waals surface area contributed by atoms with Crippen LogP contribution in [-0.2, 0) is 14.3 Å². The highest BCUT2D eigenvalue weighted by Gasteiger charge is 2.41. The van der Waals surface area contributed by atoms with Crippen molar-refractivity contribution in [2.45, 2.75) is 44.3 Å². The number of halogens is 3. The molecule has 1 aliphatic rings. The fraction of sp³-hybridized carbons (Fsp3) is 0.400. The molecule has 2 aromatic rings. The fourth-order valence-electron chi connectivity index (χ4n) is 4.02. The highest BCUT2D eigenvalue weighted by atomic mass is 19.4. The van der Waals surface area contributed by atoms with E-state index in [1.54, 1.807) is 0 Å². The number of carbonyl (C=O) groups excluding carboxylic acids is 2. The Morgan fingerprint density at radius 3 is 2.11 bits per heavy atom. The molecule has 2 aromatic carbocycles. The molecule has 35 heavy (non-hydrogen) atoms. The van der Waals surface area contributed by atoms with Crippen molar-refractivity contribution in [3.8, 4) is 11.1 Å². The molecule has 0 spiro atoms. The SMILES string of the molecule is CC(CCNC(=O)CC[C@H](NC(=O)OCC1c2ccccc2-c2ccccc21)C(F)(F)F)C(=O)O. The molecule has 10 heteroatoms. The van der Waals surface area contributed by atoms with Gasteiger partial charge in [0.25, 0.3) is 0 Å². The Balaban J connectivity index is 1.53. The predicted molar refractivity (Wildman–Crippen MR) is 122 cm³/mol. The molecule has 0 heterocycles. The van der Waals surface area contributed by atoms with Gasteiger partial charge in [-0.15, -0.1) is 0 Å². The molecule has 0 saturated carbocycles. The normalized spacial score (nSPS) is 14.4. The van der Waals surface area contributed by atoms with E-state index < -0.39 is 48.9 Å². The number of hydrogen-bond acceptors (Lipinski definition) is 4. The van der Waals surface area contributed by atoms with Crippen molar-refractivity contribution in [3.63, 3.8) is 0 Å². The van der Waals surface area contributed by atoms with Crippen molar-refractivity contribution < 1.29 is 37.4 Å². The Kier molecular flexibility index (Phi) is 8.37. The van der Waals surface area contributed by atoms with Crippen LogP contribution in [0.3, 0.4) is 0 Å². The van der Waals surface area contributed by atoms with E-state index in [9.17, 15) is 27.6 Å². The van der Waals surface area contributed by atoms with Gasteiger partial charge in [0, 0.05) is 18.9 Å². The highest BCUT2D eigenvalue weighted by molar-refractivity contribution is 5.79. The number of alkyl carbamates (subject to hydrolysis) is 1. The molecule has 0 fully saturated rings. The Morgan fingerprint density at radius 2 is 1.57 bits per heavy atom. The summed E-state index contributed by atoms with van der Waals surface area (Å²) in [6, 6.07) is 12.9. The fourth-order valence-corrected chi connectivity index (χ4v) is 4.02. The van der Waals surface area contributed by atoms with Crippen LogP contribution in [0.2, 0.25) is 0 Å². The summed E-state index contributed by atoms with van der Waals surface area (Å²) in [4.78, 5) is 34.9. The van der Waals surface area contributed by atoms with E-state index in [4.69, 9.17) is 9.84 Å². The molecular formula is C25H27F3N2O5. The zero-order valence-corrected chi connectivity index (χ0v) is 19.1. The number of rotatable bonds is 10. The van der Waals surface area contributed by atoms with Crippen LogP contribution in [0.15, 0.2) is 48.5 Å². The van der Waals surface area contributed by atoms with Crippen LogP contribution in [0.5, 0.6) is 0 Å². The topological polar surface area (TPSA) is 105 Å². The van der Waals surface area contributed by atoms with Crippen LogP contribution in [0.4, 0.5) is 18.0 Å². The molecule has 0 aromatic heterocycles. The highest BCUT2D eigenvalue weighted by Crippen LogP contribution is 2.44. The maximum Gasteiger partial charge on any atom is 0.408 e. The summed E-state index contributed by atoms with van der Waals surface area (Å²) < 4.78 is 45.5. The molecule has 0 aliphatic heterocycles. The largest absolute Gasteiger partial charge is 0.481 e. The molecular weight excluding hydrogens is 465 g/mol. The van der Waals surface area contributed by atoms with Gasteiger partial charge >= 0.3 is 18.2 Å². The number of aliphatic carboxylic acids is 1. The summed E-state index contributed by atoms with van der Waals surface area (Å²) in [5, 5.41) is 13.0. The van der Waals surface area contributed by atoms with Gasteiger partial charge < -0.3 is 20.5 Å². The van der Waals surface area contributed by atoms with Crippen molar-refractivity contribution in [2.24, 2.45) is 5.92 Å². The van der Waals surface area contributed by atoms with Crippen molar-refractivity contribution in [2.75, 3.05) is 13.2 Å². The molecule has 1 unspecified atom stereocenters. The van der Waals surface area contributed by atoms with Gasteiger partial charge in [-0.25, -0.2) is 4.79 Å². The second-order valence-electron chi connectivity index (χ2n) is 8.48. The molecule has 1 aliphatic carbocycles. The van der Waals surface area contributed by atoms with E-state index >= 15 is 0 Å². The third-order valence-electron chi connectivity index (χ3n) is 6.01. The van der Waals surface area contributed by atoms with Gasteiger partial charge in [-0.3, -0.25) is 9.59 Å². The first-order valence-corrected chi connectivity index (χ1v) is 11.3. The number of nitrogens with one attached hydrogen (secondary N) is 2. The van der Waals surface area contributed by atoms with Gasteiger partial charge in [0.2, 0.25) is 5.91 Å². The first-order chi connectivity index (χ1) is 16.6. The van der Waals surface area contributed by atoms with Gasteiger partial charge in [0.05, 0.1) is 5.92 Å². The average Bonchev–Trinajstić information content (AvgIpc) is 3.13. The molecule has 0 radical (unpaired) electrons. The standard InChI is InChI=1S/C25H27F3N2O5/c1-15(23(32)33)12-13-29-22(31)11-10-21(25(26,27)28)30-24(34)35-14-20-18-8-4-2-6-16(18)17-7-3-5-9-19(17)20/h2-9,15,20-21H,10-14H2,1H3,(H,29,31)(H,30,34)(H,32,33)/t15?,21-/m0/s1. The maximum atomic E-state index is 13.4. The number of benzene rings is 2. The van der Waals surface area contributed by atoms with E-state index in [1.165, 1.54) is 6.92 Å². The van der Waals surface area contributed by atoms with Crippen molar-refractivity contribution in [3.05, 3.63) is 59.7 Å². The quantitative estimate of drug-likeness (QED) is 0.454. The van der Waals surface area contributed by atoms with Crippen molar-refractivity contribution >= 4 is 18.0 Å². The molecule has 3 rings (SSSR count). The summed E-state index contributed by atoms with van der Waals surface area (Å²) in [5.41, 5.74) is 3.86. The van der Waals surface area contributed by atoms with Crippen molar-refractivity contribution in [1.82, 2.24) is 10.6 Å². The predicted octanol–water partition coefficient (Wildman–Crippen LogP) is 4.46. The minimum absolute atomic E-state index is 0.0305. The lowest BCUT2D eigenvalue weighted by Gasteiger charge is -2.22. The second-order valence-corrected chi connectivity index (χ2v) is 8.48. The zero-order chi connectivity index (χ0) is 25.6. The third kappa shape index (κ3) is 6.74. The summed E-state index contributed by atoms with van der Waals surface area (Å²) in [5.74, 6) is -2.67. The van der Waals surface area contributed by atoms with Gasteiger partial charge in [0.1, 0.15) is 12.6 Å². The van der Waals surface area contributed by atoms with E-state index in [-0.39, 0.29) is 25.5 Å². The Bertz CT molecular complexity index is 1030. The summed E-state index contributed by atoms with van der Waals surface area (Å²) >= 11 is 0. The van der Waals surface area contributed by atoms with Gasteiger partial charge in [-0.1, -0.05) is 55.5 Å². The lowest BCUT2D eigenvalue weighted by atomic mass is 9.98. The van der Waals surface area contributed by atoms with Crippen LogP contribution < -0.4 is 10.6 Å². The van der Waals surface area contributed by atoms with Crippen LogP contribution in [0.1, 0.15) is 43.2 Å². The molecule has 2 atom stereocenters. The van der Waals surface area contributed by atoms with Crippen LogP contribution >= 0.6 is 0 Å². The Labute approximate surface area is 200 Å². The molecule has 188 valence electrons. The number of ether oxygens (including phenoxy) is 1. The minimum Gasteiger partial charge on any atom is -0.481 e. The Morgan fingerprint density at radius 1 is 1.00 bits per heavy atom. The number of carbonyl (C=O) groups is 3. The third-order valence-corrected chi connectivity index (χ3v) is 6.01. The van der Waals surface area contributed by atoms with Gasteiger partial charge in [-0.2, -0.15) is 13.2 Å². The number of carboxylic acids is 1. The monoisotopic (exact) mass is 492 g/mol. The number of amides is 2. The molecule has 3 N–H and O–H groups in total. The molecule has 0 saturated heterocycles. The number of carboxylic acid groups (broad SMARTS) is 1. The zero-order valence-electron chi connectivity index (χ0n) is 19.1. The van der Waals surface area contributed by atoms with E-state index in [2.05, 4.69) is 5.32 Å². The summed E-state index contributed by atoms with van der Waals surface area (Å²) in [6.45, 7) is 1.36. The molecule has 7 nitrogen and oxygen atoms in total. The molecule has 2 amide bonds. The molecule has 0 bridgehead atoms. The Hall–Kier alpha value is -3.56. The lowest BCUT2D eigenvalue weighted by molar-refractivity contribution is -0.156. The van der Waals surface area contributed by atoms with Gasteiger partial charge in [-0.05, 0) is 35.1 Å². The van der Waals surface area contributed by atoms with Crippen LogP contribution in [0, 0.1) is 5.92 Å². The van der Waals surface area contributed by atoms with Crippen LogP contribution in [0.25, 0.3) is 11.1 Å². The first-order valence-electron chi connectivity index (χ1n) is 11.3. The summed E-state index contributed by atoms with van der Waals surface area (Å²) in [7, 11) is 0. The van der Waals surface area contributed by atoms with Crippen LogP contribution in [-0.4, -0.2) is 48.4 Å². The first kappa shape index (κ1) is 26.1. The van der Waals surface area contributed by atoms with E-state index in [0.717, 1.165) is 22.3 Å².